The van der Waals surface area contributed by atoms with Gasteiger partial charge in [0.2, 0.25) is 6.29 Å². The fourth-order valence-corrected chi connectivity index (χ4v) is 1.60. The Kier molecular flexibility index (Phi) is 5.08. The van der Waals surface area contributed by atoms with Gasteiger partial charge in [-0.05, 0) is 0 Å². The zero-order chi connectivity index (χ0) is 13.7. The van der Waals surface area contributed by atoms with Gasteiger partial charge in [0, 0.05) is 27.2 Å². The molecule has 7 nitrogen and oxygen atoms in total. The summed E-state index contributed by atoms with van der Waals surface area (Å²) in [7, 11) is 0. The fraction of sp³-hybridized carbons (Fsp3) is 0.727. The van der Waals surface area contributed by atoms with Gasteiger partial charge in [0.1, 0.15) is 6.61 Å². The third-order valence-corrected chi connectivity index (χ3v) is 2.20. The highest BCUT2D eigenvalue weighted by molar-refractivity contribution is 5.67. The van der Waals surface area contributed by atoms with Gasteiger partial charge in [0.05, 0.1) is 6.10 Å². The van der Waals surface area contributed by atoms with E-state index in [9.17, 15) is 14.4 Å². The highest BCUT2D eigenvalue weighted by atomic mass is 16.7. The van der Waals surface area contributed by atoms with E-state index in [2.05, 4.69) is 0 Å². The molecule has 0 amide bonds. The Bertz CT molecular complexity index is 314. The van der Waals surface area contributed by atoms with Crippen molar-refractivity contribution >= 4 is 17.9 Å². The first-order chi connectivity index (χ1) is 8.38. The van der Waals surface area contributed by atoms with Gasteiger partial charge in [-0.15, -0.1) is 0 Å². The third-order valence-electron chi connectivity index (χ3n) is 2.20. The first-order valence-corrected chi connectivity index (χ1v) is 5.51. The summed E-state index contributed by atoms with van der Waals surface area (Å²) in [4.78, 5) is 32.4. The Morgan fingerprint density at radius 2 is 1.67 bits per heavy atom. The van der Waals surface area contributed by atoms with Crippen molar-refractivity contribution in [1.82, 2.24) is 0 Å². The number of hydrogen-bond acceptors (Lipinski definition) is 7. The lowest BCUT2D eigenvalue weighted by Crippen LogP contribution is -2.30. The van der Waals surface area contributed by atoms with Crippen molar-refractivity contribution in [3.05, 3.63) is 0 Å². The van der Waals surface area contributed by atoms with E-state index in [0.29, 0.717) is 6.42 Å². The number of carbonyl (C=O) groups excluding carboxylic acids is 3. The van der Waals surface area contributed by atoms with Gasteiger partial charge >= 0.3 is 17.9 Å². The van der Waals surface area contributed by atoms with Gasteiger partial charge in [-0.3, -0.25) is 14.4 Å². The zero-order valence-electron chi connectivity index (χ0n) is 10.5. The molecule has 1 aliphatic heterocycles. The van der Waals surface area contributed by atoms with Crippen LogP contribution in [0.4, 0.5) is 0 Å². The molecule has 18 heavy (non-hydrogen) atoms. The van der Waals surface area contributed by atoms with Crippen molar-refractivity contribution in [3.63, 3.8) is 0 Å². The Morgan fingerprint density at radius 1 is 1.06 bits per heavy atom. The summed E-state index contributed by atoms with van der Waals surface area (Å²) in [6.45, 7) is 3.80. The second-order valence-electron chi connectivity index (χ2n) is 3.92. The van der Waals surface area contributed by atoms with Crippen LogP contribution in [0, 0.1) is 0 Å². The molecule has 1 aliphatic rings. The van der Waals surface area contributed by atoms with Gasteiger partial charge in [-0.1, -0.05) is 0 Å². The lowest BCUT2D eigenvalue weighted by molar-refractivity contribution is -0.196. The van der Waals surface area contributed by atoms with Crippen LogP contribution in [0.2, 0.25) is 0 Å². The van der Waals surface area contributed by atoms with Crippen LogP contribution in [-0.4, -0.2) is 43.0 Å². The normalized spacial score (nSPS) is 26.5. The van der Waals surface area contributed by atoms with Crippen LogP contribution in [0.25, 0.3) is 0 Å². The number of rotatable bonds is 4. The molecule has 0 aromatic rings. The molecule has 0 aliphatic carbocycles. The predicted octanol–water partition coefficient (Wildman–Crippen LogP) is 0.159. The van der Waals surface area contributed by atoms with E-state index in [1.54, 1.807) is 0 Å². The Morgan fingerprint density at radius 3 is 2.17 bits per heavy atom. The van der Waals surface area contributed by atoms with Crippen LogP contribution < -0.4 is 0 Å². The number of esters is 3. The Hall–Kier alpha value is -1.63. The van der Waals surface area contributed by atoms with Crippen LogP contribution in [0.3, 0.4) is 0 Å². The summed E-state index contributed by atoms with van der Waals surface area (Å²) in [6.07, 6.45) is -1.77. The minimum absolute atomic E-state index is 0.0326. The molecule has 1 fully saturated rings. The quantitative estimate of drug-likeness (QED) is 0.525. The van der Waals surface area contributed by atoms with Crippen LogP contribution in [0.5, 0.6) is 0 Å². The van der Waals surface area contributed by atoms with E-state index in [1.165, 1.54) is 20.8 Å². The summed E-state index contributed by atoms with van der Waals surface area (Å²) < 4.78 is 20.0. The zero-order valence-corrected chi connectivity index (χ0v) is 10.5. The van der Waals surface area contributed by atoms with Gasteiger partial charge in [-0.25, -0.2) is 0 Å². The maximum atomic E-state index is 10.9. The molecule has 7 heteroatoms. The third kappa shape index (κ3) is 4.70. The Balaban J connectivity index is 2.54. The fourth-order valence-electron chi connectivity index (χ4n) is 1.60. The van der Waals surface area contributed by atoms with Crippen molar-refractivity contribution in [2.45, 2.75) is 45.7 Å². The molecule has 0 saturated carbocycles. The van der Waals surface area contributed by atoms with E-state index < -0.39 is 36.4 Å². The standard InChI is InChI=1S/C11H16O7/c1-6(12)15-5-9-4-10(16-7(2)13)11(18-9)17-8(3)14/h9-11H,4-5H2,1-3H3/t9-,10-,11+/m0/s1. The first kappa shape index (κ1) is 14.4. The van der Waals surface area contributed by atoms with Gasteiger partial charge < -0.3 is 18.9 Å². The maximum absolute atomic E-state index is 10.9. The molecule has 0 aromatic heterocycles. The van der Waals surface area contributed by atoms with E-state index in [0.717, 1.165) is 0 Å². The molecular formula is C11H16O7. The van der Waals surface area contributed by atoms with E-state index in [-0.39, 0.29) is 6.61 Å². The lowest BCUT2D eigenvalue weighted by Gasteiger charge is -2.17. The molecule has 0 bridgehead atoms. The van der Waals surface area contributed by atoms with Crippen molar-refractivity contribution in [2.75, 3.05) is 6.61 Å². The molecule has 102 valence electrons. The summed E-state index contributed by atoms with van der Waals surface area (Å²) in [5.41, 5.74) is 0. The minimum atomic E-state index is -0.952. The topological polar surface area (TPSA) is 88.1 Å². The smallest absolute Gasteiger partial charge is 0.305 e. The van der Waals surface area contributed by atoms with E-state index >= 15 is 0 Å². The van der Waals surface area contributed by atoms with Crippen molar-refractivity contribution < 1.29 is 33.3 Å². The second-order valence-corrected chi connectivity index (χ2v) is 3.92. The summed E-state index contributed by atoms with van der Waals surface area (Å²) in [5, 5.41) is 0. The predicted molar refractivity (Wildman–Crippen MR) is 57.2 cm³/mol. The molecule has 0 aromatic carbocycles. The monoisotopic (exact) mass is 260 g/mol. The number of ether oxygens (including phenoxy) is 4. The van der Waals surface area contributed by atoms with Crippen molar-refractivity contribution in [3.8, 4) is 0 Å². The van der Waals surface area contributed by atoms with Gasteiger partial charge in [-0.2, -0.15) is 0 Å². The van der Waals surface area contributed by atoms with E-state index in [4.69, 9.17) is 18.9 Å². The van der Waals surface area contributed by atoms with Crippen molar-refractivity contribution in [1.29, 1.82) is 0 Å². The molecule has 1 saturated heterocycles. The number of carbonyl (C=O) groups is 3. The van der Waals surface area contributed by atoms with Crippen LogP contribution in [-0.2, 0) is 33.3 Å². The second kappa shape index (κ2) is 6.34. The maximum Gasteiger partial charge on any atom is 0.305 e. The van der Waals surface area contributed by atoms with Crippen LogP contribution >= 0.6 is 0 Å². The average molecular weight is 260 g/mol. The Labute approximate surface area is 104 Å². The molecule has 0 spiro atoms. The molecule has 0 N–H and O–H groups in total. The SMILES string of the molecule is CC(=O)OC[C@@H]1C[C@H](OC(C)=O)[C@H](OC(C)=O)O1. The van der Waals surface area contributed by atoms with E-state index in [1.807, 2.05) is 0 Å². The van der Waals surface area contributed by atoms with Crippen LogP contribution in [0.1, 0.15) is 27.2 Å². The van der Waals surface area contributed by atoms with Crippen molar-refractivity contribution in [2.24, 2.45) is 0 Å². The summed E-state index contributed by atoms with van der Waals surface area (Å²) in [6, 6.07) is 0. The molecule has 1 rings (SSSR count). The summed E-state index contributed by atoms with van der Waals surface area (Å²) >= 11 is 0. The van der Waals surface area contributed by atoms with Gasteiger partial charge in [0.15, 0.2) is 6.10 Å². The average Bonchev–Trinajstić information content (AvgIpc) is 2.56. The highest BCUT2D eigenvalue weighted by Crippen LogP contribution is 2.24. The van der Waals surface area contributed by atoms with Crippen LogP contribution in [0.15, 0.2) is 0 Å². The van der Waals surface area contributed by atoms with Gasteiger partial charge in [0.25, 0.3) is 0 Å². The molecular weight excluding hydrogens is 244 g/mol. The largest absolute Gasteiger partial charge is 0.463 e. The summed E-state index contributed by atoms with van der Waals surface area (Å²) in [5.74, 6) is -1.46. The minimum Gasteiger partial charge on any atom is -0.463 e. The first-order valence-electron chi connectivity index (χ1n) is 5.51. The molecule has 1 heterocycles. The number of hydrogen-bond donors (Lipinski definition) is 0. The highest BCUT2D eigenvalue weighted by Gasteiger charge is 2.40. The molecule has 0 radical (unpaired) electrons. The lowest BCUT2D eigenvalue weighted by atomic mass is 10.2. The molecule has 0 unspecified atom stereocenters. The molecule has 3 atom stereocenters.